The van der Waals surface area contributed by atoms with Crippen molar-refractivity contribution in [2.24, 2.45) is 0 Å². The highest BCUT2D eigenvalue weighted by Crippen LogP contribution is 2.23. The van der Waals surface area contributed by atoms with Gasteiger partial charge in [0.05, 0.1) is 4.92 Å². The van der Waals surface area contributed by atoms with Crippen molar-refractivity contribution in [2.45, 2.75) is 25.0 Å². The molecule has 2 aromatic carbocycles. The molecule has 0 bridgehead atoms. The lowest BCUT2D eigenvalue weighted by atomic mass is 10.1. The summed E-state index contributed by atoms with van der Waals surface area (Å²) in [6, 6.07) is 14.8. The lowest BCUT2D eigenvalue weighted by molar-refractivity contribution is -0.384. The zero-order valence-electron chi connectivity index (χ0n) is 14.4. The molecule has 0 aromatic heterocycles. The Kier molecular flexibility index (Phi) is 5.61. The highest BCUT2D eigenvalue weighted by atomic mass is 16.6. The summed E-state index contributed by atoms with van der Waals surface area (Å²) in [7, 11) is 0. The number of carbonyl (C=O) groups excluding carboxylic acids is 2. The van der Waals surface area contributed by atoms with Crippen LogP contribution in [-0.4, -0.2) is 22.8 Å². The third-order valence-electron chi connectivity index (χ3n) is 3.99. The number of nitrogens with zero attached hydrogens (tertiary/aromatic N) is 1. The van der Waals surface area contributed by atoms with Gasteiger partial charge in [0, 0.05) is 29.8 Å². The van der Waals surface area contributed by atoms with E-state index in [0.29, 0.717) is 11.1 Å². The quantitative estimate of drug-likeness (QED) is 0.351. The summed E-state index contributed by atoms with van der Waals surface area (Å²) in [5.74, 6) is -1.07. The predicted molar refractivity (Wildman–Crippen MR) is 98.6 cm³/mol. The number of non-ortho nitro benzene ring substituents is 1. The predicted octanol–water partition coefficient (Wildman–Crippen LogP) is 3.17. The van der Waals surface area contributed by atoms with Gasteiger partial charge in [-0.05, 0) is 24.5 Å². The van der Waals surface area contributed by atoms with E-state index < -0.39 is 17.0 Å². The Labute approximate surface area is 155 Å². The first kappa shape index (κ1) is 18.3. The normalized spacial score (nSPS) is 14.5. The van der Waals surface area contributed by atoms with Crippen molar-refractivity contribution in [3.8, 4) is 0 Å². The van der Waals surface area contributed by atoms with Gasteiger partial charge in [-0.2, -0.15) is 0 Å². The molecule has 3 rings (SSSR count). The Morgan fingerprint density at radius 1 is 1.15 bits per heavy atom. The summed E-state index contributed by atoms with van der Waals surface area (Å²) in [6.07, 6.45) is 3.37. The fourth-order valence-electron chi connectivity index (χ4n) is 2.47. The van der Waals surface area contributed by atoms with Crippen LogP contribution < -0.4 is 5.32 Å². The van der Waals surface area contributed by atoms with Crippen LogP contribution in [0.15, 0.2) is 60.7 Å². The molecule has 1 fully saturated rings. The molecular formula is C20H18N2O5. The maximum atomic E-state index is 12.4. The standard InChI is InChI=1S/C20H18N2O5/c23-18(12-9-14-5-4-8-17(13-14)22(25)26)27-19(15-6-2-1-3-7-15)20(24)21-16-10-11-16/h1-9,12-13,16,19H,10-11H2,(H,21,24)/b12-9+/t19-/m0/s1. The number of amides is 1. The van der Waals surface area contributed by atoms with Gasteiger partial charge in [-0.25, -0.2) is 4.79 Å². The Bertz CT molecular complexity index is 875. The van der Waals surface area contributed by atoms with Crippen molar-refractivity contribution < 1.29 is 19.2 Å². The van der Waals surface area contributed by atoms with Crippen LogP contribution in [0.4, 0.5) is 5.69 Å². The van der Waals surface area contributed by atoms with E-state index in [4.69, 9.17) is 4.74 Å². The maximum absolute atomic E-state index is 12.4. The average molecular weight is 366 g/mol. The fourth-order valence-corrected chi connectivity index (χ4v) is 2.47. The number of carbonyl (C=O) groups is 2. The molecule has 1 aliphatic rings. The second kappa shape index (κ2) is 8.27. The third-order valence-corrected chi connectivity index (χ3v) is 3.99. The first-order valence-electron chi connectivity index (χ1n) is 8.51. The molecule has 0 saturated heterocycles. The summed E-state index contributed by atoms with van der Waals surface area (Å²) in [4.78, 5) is 34.9. The van der Waals surface area contributed by atoms with E-state index in [0.717, 1.165) is 18.9 Å². The SMILES string of the molecule is O=C(/C=C/c1cccc([N+](=O)[O-])c1)O[C@H](C(=O)NC1CC1)c1ccccc1. The van der Waals surface area contributed by atoms with Gasteiger partial charge < -0.3 is 10.1 Å². The van der Waals surface area contributed by atoms with Crippen LogP contribution in [0, 0.1) is 10.1 Å². The summed E-state index contributed by atoms with van der Waals surface area (Å²) in [5.41, 5.74) is 0.990. The first-order chi connectivity index (χ1) is 13.0. The number of hydrogen-bond acceptors (Lipinski definition) is 5. The Balaban J connectivity index is 1.71. The van der Waals surface area contributed by atoms with E-state index in [1.54, 1.807) is 30.3 Å². The zero-order chi connectivity index (χ0) is 19.2. The summed E-state index contributed by atoms with van der Waals surface area (Å²) >= 11 is 0. The minimum atomic E-state index is -1.05. The monoisotopic (exact) mass is 366 g/mol. The minimum Gasteiger partial charge on any atom is -0.444 e. The number of rotatable bonds is 7. The molecule has 0 heterocycles. The van der Waals surface area contributed by atoms with Crippen LogP contribution in [0.5, 0.6) is 0 Å². The summed E-state index contributed by atoms with van der Waals surface area (Å²) < 4.78 is 5.35. The molecule has 0 aliphatic heterocycles. The molecule has 2 aromatic rings. The molecule has 1 aliphatic carbocycles. The van der Waals surface area contributed by atoms with Gasteiger partial charge in [0.2, 0.25) is 6.10 Å². The smallest absolute Gasteiger partial charge is 0.331 e. The van der Waals surface area contributed by atoms with E-state index in [2.05, 4.69) is 5.32 Å². The molecule has 1 amide bonds. The van der Waals surface area contributed by atoms with E-state index in [1.165, 1.54) is 24.3 Å². The second-order valence-electron chi connectivity index (χ2n) is 6.20. The number of ether oxygens (including phenoxy) is 1. The van der Waals surface area contributed by atoms with Gasteiger partial charge in [-0.1, -0.05) is 42.5 Å². The number of nitrogens with one attached hydrogen (secondary N) is 1. The molecule has 0 radical (unpaired) electrons. The third kappa shape index (κ3) is 5.24. The largest absolute Gasteiger partial charge is 0.444 e. The number of nitro groups is 1. The average Bonchev–Trinajstić information content (AvgIpc) is 3.49. The Hall–Kier alpha value is -3.48. The molecule has 1 saturated carbocycles. The van der Waals surface area contributed by atoms with Gasteiger partial charge in [0.25, 0.3) is 11.6 Å². The number of nitro benzene ring substituents is 1. The molecule has 0 spiro atoms. The molecule has 1 N–H and O–H groups in total. The van der Waals surface area contributed by atoms with Crippen LogP contribution >= 0.6 is 0 Å². The van der Waals surface area contributed by atoms with E-state index in [-0.39, 0.29) is 17.6 Å². The van der Waals surface area contributed by atoms with Gasteiger partial charge in [0.1, 0.15) is 0 Å². The number of benzene rings is 2. The van der Waals surface area contributed by atoms with Crippen molar-refractivity contribution in [3.63, 3.8) is 0 Å². The van der Waals surface area contributed by atoms with Gasteiger partial charge in [0.15, 0.2) is 0 Å². The van der Waals surface area contributed by atoms with Crippen LogP contribution in [0.3, 0.4) is 0 Å². The van der Waals surface area contributed by atoms with Crippen LogP contribution in [0.25, 0.3) is 6.08 Å². The van der Waals surface area contributed by atoms with Gasteiger partial charge in [-0.3, -0.25) is 14.9 Å². The van der Waals surface area contributed by atoms with E-state index in [1.807, 2.05) is 6.07 Å². The second-order valence-corrected chi connectivity index (χ2v) is 6.20. The molecule has 27 heavy (non-hydrogen) atoms. The van der Waals surface area contributed by atoms with Gasteiger partial charge in [-0.15, -0.1) is 0 Å². The molecule has 0 unspecified atom stereocenters. The minimum absolute atomic E-state index is 0.0727. The van der Waals surface area contributed by atoms with E-state index >= 15 is 0 Å². The lowest BCUT2D eigenvalue weighted by Gasteiger charge is -2.17. The Morgan fingerprint density at radius 2 is 1.89 bits per heavy atom. The van der Waals surface area contributed by atoms with Crippen LogP contribution in [0.2, 0.25) is 0 Å². The molecule has 7 heteroatoms. The fraction of sp³-hybridized carbons (Fsp3) is 0.200. The first-order valence-corrected chi connectivity index (χ1v) is 8.51. The van der Waals surface area contributed by atoms with Crippen molar-refractivity contribution >= 4 is 23.6 Å². The summed E-state index contributed by atoms with van der Waals surface area (Å²) in [5, 5.41) is 13.6. The highest BCUT2D eigenvalue weighted by Gasteiger charge is 2.30. The topological polar surface area (TPSA) is 98.5 Å². The Morgan fingerprint density at radius 3 is 2.56 bits per heavy atom. The maximum Gasteiger partial charge on any atom is 0.331 e. The van der Waals surface area contributed by atoms with Crippen molar-refractivity contribution in [1.29, 1.82) is 0 Å². The molecule has 1 atom stereocenters. The summed E-state index contributed by atoms with van der Waals surface area (Å²) in [6.45, 7) is 0. The molecular weight excluding hydrogens is 348 g/mol. The lowest BCUT2D eigenvalue weighted by Crippen LogP contribution is -2.33. The van der Waals surface area contributed by atoms with Crippen LogP contribution in [-0.2, 0) is 14.3 Å². The van der Waals surface area contributed by atoms with Crippen LogP contribution in [0.1, 0.15) is 30.1 Å². The number of hydrogen-bond donors (Lipinski definition) is 1. The van der Waals surface area contributed by atoms with Crippen molar-refractivity contribution in [1.82, 2.24) is 5.32 Å². The van der Waals surface area contributed by atoms with E-state index in [9.17, 15) is 19.7 Å². The number of esters is 1. The molecule has 138 valence electrons. The zero-order valence-corrected chi connectivity index (χ0v) is 14.4. The molecule has 7 nitrogen and oxygen atoms in total. The van der Waals surface area contributed by atoms with Gasteiger partial charge >= 0.3 is 5.97 Å². The van der Waals surface area contributed by atoms with Crippen molar-refractivity contribution in [2.75, 3.05) is 0 Å². The highest BCUT2D eigenvalue weighted by molar-refractivity contribution is 5.91. The van der Waals surface area contributed by atoms with Crippen molar-refractivity contribution in [3.05, 3.63) is 81.9 Å².